The molecule has 0 saturated carbocycles. The zero-order chi connectivity index (χ0) is 17.3. The second kappa shape index (κ2) is 6.37. The minimum atomic E-state index is -3.37. The summed E-state index contributed by atoms with van der Waals surface area (Å²) in [6.45, 7) is 1.93. The fourth-order valence-corrected chi connectivity index (χ4v) is 4.71. The lowest BCUT2D eigenvalue weighted by atomic mass is 10.1. The molecule has 1 aliphatic rings. The van der Waals surface area contributed by atoms with Crippen molar-refractivity contribution in [2.24, 2.45) is 0 Å². The highest BCUT2D eigenvalue weighted by Gasteiger charge is 2.42. The van der Waals surface area contributed by atoms with E-state index in [-0.39, 0.29) is 17.4 Å². The molecule has 0 unspecified atom stereocenters. The van der Waals surface area contributed by atoms with Gasteiger partial charge in [-0.3, -0.25) is 4.79 Å². The van der Waals surface area contributed by atoms with Crippen molar-refractivity contribution in [1.29, 1.82) is 0 Å². The molecule has 1 fully saturated rings. The fraction of sp³-hybridized carbons (Fsp3) is 0.278. The van der Waals surface area contributed by atoms with E-state index < -0.39 is 22.0 Å². The van der Waals surface area contributed by atoms with Gasteiger partial charge in [0.2, 0.25) is 0 Å². The van der Waals surface area contributed by atoms with E-state index in [1.54, 1.807) is 36.4 Å². The average molecular weight is 345 g/mol. The monoisotopic (exact) mass is 345 g/mol. The number of rotatable bonds is 3. The summed E-state index contributed by atoms with van der Waals surface area (Å²) in [5.41, 5.74) is 2.07. The van der Waals surface area contributed by atoms with Crippen molar-refractivity contribution >= 4 is 21.4 Å². The summed E-state index contributed by atoms with van der Waals surface area (Å²) < 4.78 is 23.8. The van der Waals surface area contributed by atoms with Crippen LogP contribution in [0.5, 0.6) is 0 Å². The van der Waals surface area contributed by atoms with Gasteiger partial charge in [-0.1, -0.05) is 35.9 Å². The Hall–Kier alpha value is -2.18. The number of carbonyl (C=O) groups excluding carboxylic acids is 1. The maximum absolute atomic E-state index is 13.0. The summed E-state index contributed by atoms with van der Waals surface area (Å²) >= 11 is 0. The van der Waals surface area contributed by atoms with Gasteiger partial charge < -0.3 is 10.0 Å². The molecule has 0 aromatic heterocycles. The Labute approximate surface area is 141 Å². The van der Waals surface area contributed by atoms with Gasteiger partial charge in [0.1, 0.15) is 0 Å². The summed E-state index contributed by atoms with van der Waals surface area (Å²) in [6.07, 6.45) is -1.09. The van der Waals surface area contributed by atoms with E-state index in [0.717, 1.165) is 5.56 Å². The second-order valence-electron chi connectivity index (χ2n) is 6.09. The highest BCUT2D eigenvalue weighted by molar-refractivity contribution is 7.91. The Kier molecular flexibility index (Phi) is 4.43. The molecular weight excluding hydrogens is 326 g/mol. The van der Waals surface area contributed by atoms with E-state index in [4.69, 9.17) is 0 Å². The molecule has 2 atom stereocenters. The molecule has 0 bridgehead atoms. The molecule has 0 spiro atoms. The van der Waals surface area contributed by atoms with Gasteiger partial charge in [0.05, 0.1) is 23.7 Å². The SMILES string of the molecule is Cc1ccc(N(C(=O)c2ccccc2)[C@H]2CS(=O)(=O)C[C@H]2O)cc1. The predicted octanol–water partition coefficient (Wildman–Crippen LogP) is 1.80. The summed E-state index contributed by atoms with van der Waals surface area (Å²) in [5, 5.41) is 10.2. The van der Waals surface area contributed by atoms with Crippen LogP contribution in [0.4, 0.5) is 5.69 Å². The Balaban J connectivity index is 2.04. The van der Waals surface area contributed by atoms with Gasteiger partial charge in [0.15, 0.2) is 9.84 Å². The van der Waals surface area contributed by atoms with Crippen LogP contribution in [-0.2, 0) is 9.84 Å². The van der Waals surface area contributed by atoms with Crippen LogP contribution in [0.2, 0.25) is 0 Å². The largest absolute Gasteiger partial charge is 0.390 e. The number of sulfone groups is 1. The van der Waals surface area contributed by atoms with Gasteiger partial charge in [-0.2, -0.15) is 0 Å². The minimum Gasteiger partial charge on any atom is -0.390 e. The van der Waals surface area contributed by atoms with Crippen molar-refractivity contribution < 1.29 is 18.3 Å². The molecular formula is C18H19NO4S. The molecule has 1 saturated heterocycles. The van der Waals surface area contributed by atoms with Gasteiger partial charge in [-0.25, -0.2) is 8.42 Å². The zero-order valence-corrected chi connectivity index (χ0v) is 14.1. The van der Waals surface area contributed by atoms with Gasteiger partial charge in [-0.15, -0.1) is 0 Å². The quantitative estimate of drug-likeness (QED) is 0.920. The topological polar surface area (TPSA) is 74.7 Å². The van der Waals surface area contributed by atoms with E-state index >= 15 is 0 Å². The first-order valence-electron chi connectivity index (χ1n) is 7.71. The lowest BCUT2D eigenvalue weighted by Gasteiger charge is -2.30. The van der Waals surface area contributed by atoms with Gasteiger partial charge in [-0.05, 0) is 31.2 Å². The van der Waals surface area contributed by atoms with Crippen LogP contribution in [0, 0.1) is 6.92 Å². The lowest BCUT2D eigenvalue weighted by molar-refractivity contribution is 0.0945. The van der Waals surface area contributed by atoms with E-state index in [1.165, 1.54) is 4.90 Å². The maximum atomic E-state index is 13.0. The molecule has 2 aromatic rings. The Morgan fingerprint density at radius 2 is 1.67 bits per heavy atom. The zero-order valence-electron chi connectivity index (χ0n) is 13.3. The summed E-state index contributed by atoms with van der Waals surface area (Å²) in [6, 6.07) is 15.1. The van der Waals surface area contributed by atoms with Crippen molar-refractivity contribution in [3.05, 3.63) is 65.7 Å². The maximum Gasteiger partial charge on any atom is 0.258 e. The van der Waals surface area contributed by atoms with Crippen LogP contribution in [0.3, 0.4) is 0 Å². The van der Waals surface area contributed by atoms with Crippen molar-refractivity contribution in [2.45, 2.75) is 19.1 Å². The molecule has 1 aliphatic heterocycles. The molecule has 6 heteroatoms. The number of aryl methyl sites for hydroxylation is 1. The first-order chi connectivity index (χ1) is 11.4. The third-order valence-corrected chi connectivity index (χ3v) is 5.88. The van der Waals surface area contributed by atoms with Crippen molar-refractivity contribution in [3.63, 3.8) is 0 Å². The fourth-order valence-electron chi connectivity index (χ4n) is 2.94. The number of hydrogen-bond acceptors (Lipinski definition) is 4. The number of aliphatic hydroxyl groups is 1. The Morgan fingerprint density at radius 1 is 1.04 bits per heavy atom. The summed E-state index contributed by atoms with van der Waals surface area (Å²) in [5.74, 6) is -0.872. The number of anilines is 1. The Morgan fingerprint density at radius 3 is 2.21 bits per heavy atom. The standard InChI is InChI=1S/C18H19NO4S/c1-13-7-9-15(10-8-13)19(16-11-24(22,23)12-17(16)20)18(21)14-5-3-2-4-6-14/h2-10,16-17,20H,11-12H2,1H3/t16-,17+/m0/s1. The smallest absolute Gasteiger partial charge is 0.258 e. The first kappa shape index (κ1) is 16.7. The highest BCUT2D eigenvalue weighted by Crippen LogP contribution is 2.27. The highest BCUT2D eigenvalue weighted by atomic mass is 32.2. The molecule has 1 N–H and O–H groups in total. The number of amides is 1. The van der Waals surface area contributed by atoms with Crippen molar-refractivity contribution in [3.8, 4) is 0 Å². The third kappa shape index (κ3) is 3.34. The number of carbonyl (C=O) groups is 1. The first-order valence-corrected chi connectivity index (χ1v) is 9.53. The summed E-state index contributed by atoms with van der Waals surface area (Å²) in [7, 11) is -3.37. The molecule has 1 heterocycles. The third-order valence-electron chi connectivity index (χ3n) is 4.18. The lowest BCUT2D eigenvalue weighted by Crippen LogP contribution is -2.47. The van der Waals surface area contributed by atoms with Crippen molar-refractivity contribution in [2.75, 3.05) is 16.4 Å². The van der Waals surface area contributed by atoms with Crippen LogP contribution < -0.4 is 4.90 Å². The van der Waals surface area contributed by atoms with E-state index in [1.807, 2.05) is 25.1 Å². The minimum absolute atomic E-state index is 0.235. The number of hydrogen-bond donors (Lipinski definition) is 1. The van der Waals surface area contributed by atoms with Gasteiger partial charge >= 0.3 is 0 Å². The molecule has 126 valence electrons. The summed E-state index contributed by atoms with van der Waals surface area (Å²) in [4.78, 5) is 14.4. The van der Waals surface area contributed by atoms with Crippen LogP contribution in [0.1, 0.15) is 15.9 Å². The molecule has 5 nitrogen and oxygen atoms in total. The van der Waals surface area contributed by atoms with E-state index in [9.17, 15) is 18.3 Å². The Bertz CT molecular complexity index is 831. The molecule has 2 aromatic carbocycles. The van der Waals surface area contributed by atoms with E-state index in [2.05, 4.69) is 0 Å². The van der Waals surface area contributed by atoms with Crippen LogP contribution in [0.25, 0.3) is 0 Å². The normalized spacial score (nSPS) is 22.2. The molecule has 24 heavy (non-hydrogen) atoms. The average Bonchev–Trinajstić information content (AvgIpc) is 2.83. The van der Waals surface area contributed by atoms with Crippen LogP contribution >= 0.6 is 0 Å². The number of aliphatic hydroxyl groups excluding tert-OH is 1. The number of nitrogens with zero attached hydrogens (tertiary/aromatic N) is 1. The number of benzene rings is 2. The molecule has 0 radical (unpaired) electrons. The van der Waals surface area contributed by atoms with Crippen LogP contribution in [0.15, 0.2) is 54.6 Å². The van der Waals surface area contributed by atoms with Gasteiger partial charge in [0.25, 0.3) is 5.91 Å². The molecule has 1 amide bonds. The predicted molar refractivity (Wildman–Crippen MR) is 92.9 cm³/mol. The molecule has 3 rings (SSSR count). The van der Waals surface area contributed by atoms with E-state index in [0.29, 0.717) is 11.3 Å². The van der Waals surface area contributed by atoms with Crippen LogP contribution in [-0.4, -0.2) is 43.1 Å². The second-order valence-corrected chi connectivity index (χ2v) is 8.24. The molecule has 0 aliphatic carbocycles. The van der Waals surface area contributed by atoms with Crippen molar-refractivity contribution in [1.82, 2.24) is 0 Å². The van der Waals surface area contributed by atoms with Gasteiger partial charge in [0, 0.05) is 11.3 Å².